The second kappa shape index (κ2) is 16.9. The summed E-state index contributed by atoms with van der Waals surface area (Å²) in [6, 6.07) is -0.250. The number of carbonyl (C=O) groups is 1. The van der Waals surface area contributed by atoms with Crippen molar-refractivity contribution in [2.24, 2.45) is 5.11 Å². The summed E-state index contributed by atoms with van der Waals surface area (Å²) in [6.45, 7) is 1.84. The maximum absolute atomic E-state index is 11.6. The van der Waals surface area contributed by atoms with Crippen molar-refractivity contribution in [2.45, 2.75) is 18.9 Å². The molecule has 0 saturated carbocycles. The SMILES string of the molecule is [N-]=[N+]=NCCOCCOCCOCC(=O)NC(CCO)CCO. The summed E-state index contributed by atoms with van der Waals surface area (Å²) in [5.41, 5.74) is 8.04. The summed E-state index contributed by atoms with van der Waals surface area (Å²) in [7, 11) is 0. The topological polar surface area (TPSA) is 146 Å². The Morgan fingerprint density at radius 3 is 2.17 bits per heavy atom. The molecule has 134 valence electrons. The number of carbonyl (C=O) groups excluding carboxylic acids is 1. The molecule has 1 amide bonds. The molecule has 0 spiro atoms. The molecule has 0 atom stereocenters. The minimum Gasteiger partial charge on any atom is -0.396 e. The number of ether oxygens (including phenoxy) is 3. The first-order chi connectivity index (χ1) is 11.2. The fraction of sp³-hybridized carbons (Fsp3) is 0.923. The van der Waals surface area contributed by atoms with Crippen molar-refractivity contribution in [3.05, 3.63) is 10.4 Å². The molecular weight excluding hydrogens is 308 g/mol. The zero-order valence-corrected chi connectivity index (χ0v) is 13.2. The molecule has 3 N–H and O–H groups in total. The summed E-state index contributed by atoms with van der Waals surface area (Å²) < 4.78 is 15.5. The molecule has 0 heterocycles. The van der Waals surface area contributed by atoms with Crippen molar-refractivity contribution in [1.82, 2.24) is 5.32 Å². The Morgan fingerprint density at radius 2 is 1.61 bits per heavy atom. The van der Waals surface area contributed by atoms with Crippen LogP contribution in [0.4, 0.5) is 0 Å². The van der Waals surface area contributed by atoms with Gasteiger partial charge in [-0.25, -0.2) is 0 Å². The molecule has 23 heavy (non-hydrogen) atoms. The molecule has 0 aliphatic carbocycles. The fourth-order valence-electron chi connectivity index (χ4n) is 1.62. The van der Waals surface area contributed by atoms with Crippen molar-refractivity contribution in [3.8, 4) is 0 Å². The molecule has 0 aliphatic rings. The first-order valence-electron chi connectivity index (χ1n) is 7.49. The van der Waals surface area contributed by atoms with Gasteiger partial charge in [0.15, 0.2) is 0 Å². The van der Waals surface area contributed by atoms with E-state index in [4.69, 9.17) is 30.0 Å². The number of nitrogens with one attached hydrogen (secondary N) is 1. The van der Waals surface area contributed by atoms with Crippen LogP contribution >= 0.6 is 0 Å². The van der Waals surface area contributed by atoms with E-state index in [2.05, 4.69) is 15.3 Å². The second-order valence-corrected chi connectivity index (χ2v) is 4.52. The first kappa shape index (κ1) is 21.6. The van der Waals surface area contributed by atoms with Crippen molar-refractivity contribution in [3.63, 3.8) is 0 Å². The third kappa shape index (κ3) is 15.3. The van der Waals surface area contributed by atoms with Crippen LogP contribution in [0.5, 0.6) is 0 Å². The number of nitrogens with zero attached hydrogens (tertiary/aromatic N) is 3. The van der Waals surface area contributed by atoms with Gasteiger partial charge in [0.25, 0.3) is 0 Å². The molecule has 0 radical (unpaired) electrons. The van der Waals surface area contributed by atoms with Gasteiger partial charge in [-0.1, -0.05) is 5.11 Å². The molecule has 0 aromatic heterocycles. The number of rotatable bonds is 16. The molecule has 0 aromatic carbocycles. The van der Waals surface area contributed by atoms with Crippen LogP contribution in [-0.2, 0) is 19.0 Å². The number of aliphatic hydroxyl groups excluding tert-OH is 2. The third-order valence-corrected chi connectivity index (χ3v) is 2.70. The molecule has 0 fully saturated rings. The first-order valence-corrected chi connectivity index (χ1v) is 7.49. The predicted octanol–water partition coefficient (Wildman–Crippen LogP) is -0.404. The van der Waals surface area contributed by atoms with Gasteiger partial charge in [-0.05, 0) is 18.4 Å². The lowest BCUT2D eigenvalue weighted by atomic mass is 10.1. The van der Waals surface area contributed by atoms with E-state index in [1.165, 1.54) is 0 Å². The van der Waals surface area contributed by atoms with E-state index in [1.54, 1.807) is 0 Å². The maximum atomic E-state index is 11.6. The largest absolute Gasteiger partial charge is 0.396 e. The van der Waals surface area contributed by atoms with Crippen LogP contribution in [0.1, 0.15) is 12.8 Å². The highest BCUT2D eigenvalue weighted by Crippen LogP contribution is 1.96. The summed E-state index contributed by atoms with van der Waals surface area (Å²) >= 11 is 0. The molecule has 0 rings (SSSR count). The number of amides is 1. The highest BCUT2D eigenvalue weighted by molar-refractivity contribution is 5.77. The smallest absolute Gasteiger partial charge is 0.246 e. The quantitative estimate of drug-likeness (QED) is 0.151. The number of aliphatic hydroxyl groups is 2. The Hall–Kier alpha value is -1.42. The van der Waals surface area contributed by atoms with Crippen LogP contribution < -0.4 is 5.32 Å². The van der Waals surface area contributed by atoms with Crippen molar-refractivity contribution < 1.29 is 29.2 Å². The highest BCUT2D eigenvalue weighted by atomic mass is 16.5. The maximum Gasteiger partial charge on any atom is 0.246 e. The van der Waals surface area contributed by atoms with Crippen LogP contribution in [-0.4, -0.2) is 81.6 Å². The van der Waals surface area contributed by atoms with E-state index in [9.17, 15) is 4.79 Å². The summed E-state index contributed by atoms with van der Waals surface area (Å²) in [6.07, 6.45) is 0.796. The van der Waals surface area contributed by atoms with Gasteiger partial charge in [0.2, 0.25) is 5.91 Å². The molecular formula is C13H26N4O6. The highest BCUT2D eigenvalue weighted by Gasteiger charge is 2.11. The lowest BCUT2D eigenvalue weighted by Gasteiger charge is -2.16. The van der Waals surface area contributed by atoms with E-state index in [0.717, 1.165) is 0 Å². The Balaban J connectivity index is 3.42. The van der Waals surface area contributed by atoms with Crippen molar-refractivity contribution in [2.75, 3.05) is 59.4 Å². The van der Waals surface area contributed by atoms with Crippen LogP contribution in [0.25, 0.3) is 10.4 Å². The van der Waals surface area contributed by atoms with Gasteiger partial charge in [0.1, 0.15) is 6.61 Å². The minimum absolute atomic E-state index is 0.0510. The zero-order chi connectivity index (χ0) is 17.2. The van der Waals surface area contributed by atoms with Crippen LogP contribution in [0.15, 0.2) is 5.11 Å². The van der Waals surface area contributed by atoms with Gasteiger partial charge in [-0.15, -0.1) is 0 Å². The van der Waals surface area contributed by atoms with E-state index in [0.29, 0.717) is 45.8 Å². The molecule has 0 aromatic rings. The van der Waals surface area contributed by atoms with E-state index >= 15 is 0 Å². The van der Waals surface area contributed by atoms with Gasteiger partial charge in [0.05, 0.1) is 33.0 Å². The molecule has 10 nitrogen and oxygen atoms in total. The average Bonchev–Trinajstić information content (AvgIpc) is 2.53. The lowest BCUT2D eigenvalue weighted by molar-refractivity contribution is -0.127. The normalized spacial score (nSPS) is 10.6. The molecule has 10 heteroatoms. The summed E-state index contributed by atoms with van der Waals surface area (Å²) in [4.78, 5) is 14.2. The van der Waals surface area contributed by atoms with Crippen LogP contribution in [0, 0.1) is 0 Å². The lowest BCUT2D eigenvalue weighted by Crippen LogP contribution is -2.38. The molecule has 0 aliphatic heterocycles. The predicted molar refractivity (Wildman–Crippen MR) is 81.8 cm³/mol. The van der Waals surface area contributed by atoms with Crippen LogP contribution in [0.2, 0.25) is 0 Å². The Kier molecular flexibility index (Phi) is 15.9. The molecule has 0 bridgehead atoms. The second-order valence-electron chi connectivity index (χ2n) is 4.52. The van der Waals surface area contributed by atoms with E-state index in [-0.39, 0.29) is 38.4 Å². The van der Waals surface area contributed by atoms with Crippen LogP contribution in [0.3, 0.4) is 0 Å². The van der Waals surface area contributed by atoms with Gasteiger partial charge in [-0.3, -0.25) is 4.79 Å². The molecule has 0 unspecified atom stereocenters. The monoisotopic (exact) mass is 334 g/mol. The van der Waals surface area contributed by atoms with Gasteiger partial charge < -0.3 is 29.7 Å². The minimum atomic E-state index is -0.293. The van der Waals surface area contributed by atoms with Crippen molar-refractivity contribution >= 4 is 5.91 Å². The third-order valence-electron chi connectivity index (χ3n) is 2.70. The number of hydrogen-bond donors (Lipinski definition) is 3. The standard InChI is InChI=1S/C13H26N4O6/c14-17-15-3-6-21-7-8-22-9-10-23-11-13(20)16-12(1-4-18)2-5-19/h12,18-19H,1-11H2,(H,16,20). The summed E-state index contributed by atoms with van der Waals surface area (Å²) in [5, 5.41) is 23.7. The summed E-state index contributed by atoms with van der Waals surface area (Å²) in [5.74, 6) is -0.293. The average molecular weight is 334 g/mol. The molecule has 0 saturated heterocycles. The van der Waals surface area contributed by atoms with Crippen molar-refractivity contribution in [1.29, 1.82) is 0 Å². The van der Waals surface area contributed by atoms with E-state index < -0.39 is 0 Å². The Morgan fingerprint density at radius 1 is 1.04 bits per heavy atom. The van der Waals surface area contributed by atoms with Gasteiger partial charge >= 0.3 is 0 Å². The van der Waals surface area contributed by atoms with Gasteiger partial charge in [0, 0.05) is 30.7 Å². The fourth-order valence-corrected chi connectivity index (χ4v) is 1.62. The number of hydrogen-bond acceptors (Lipinski definition) is 7. The zero-order valence-electron chi connectivity index (χ0n) is 13.2. The van der Waals surface area contributed by atoms with Gasteiger partial charge in [-0.2, -0.15) is 0 Å². The Bertz CT molecular complexity index is 332. The number of azide groups is 1. The Labute approximate surface area is 135 Å². The van der Waals surface area contributed by atoms with E-state index in [1.807, 2.05) is 0 Å².